The number of aromatic hydroxyl groups is 4. The number of halogens is 7. The predicted molar refractivity (Wildman–Crippen MR) is 395 cm³/mol. The number of aliphatic hydroxyl groups is 1. The van der Waals surface area contributed by atoms with E-state index < -0.39 is 35.8 Å². The molecule has 6 aromatic rings. The second-order valence-corrected chi connectivity index (χ2v) is 31.6. The molecule has 28 heteroatoms. The fourth-order valence-electron chi connectivity index (χ4n) is 7.15. The van der Waals surface area contributed by atoms with Gasteiger partial charge in [0.25, 0.3) is 11.4 Å². The SMILES string of the molecule is C.C.C.CC(C)(C)c1cc(Cl)c(O)cc1N.CC(C)(C)c1cc(Cl)c(O)cc1[N+](=O)[O-].CC(C)(C)c1ccc(O)c(Cl)c1.CC(C)(C)c1ccc(O)cc1.CO.COC(=O)Oc1cc([N+](=O)[O-])c(C(C)(C)C)cc1Cl.COC(=O)Oc1ccc(C(C)(C)C)cc1Cl.O=S(=O)(Cl)Cl. The molecule has 6 aromatic carbocycles. The van der Waals surface area contributed by atoms with E-state index in [-0.39, 0.29) is 93.8 Å². The number of nitrogens with zero attached hydrogens (tertiary/aromatic N) is 2. The first-order valence-electron chi connectivity index (χ1n) is 27.6. The van der Waals surface area contributed by atoms with Crippen molar-refractivity contribution >= 4 is 117 Å². The standard InChI is InChI=1S/C12H14ClNO5.C12H15ClO3.C10H12ClNO3.C10H14ClNO.C10H13ClO.C10H14O.CH4O.3CH4.Cl2O2S/c1-12(2,3)7-5-8(13)10(19-11(15)18-4)6-9(7)14(16)17;1-12(2,3)8-5-6-10(9(13)7-8)16-11(14)15-4;1-10(2,3)6-4-7(11)9(13)5-8(6)12(14)15;1-10(2,3)6-4-7(11)9(13)5-8(6)12;1-10(2,3)7-4-5-9(12)8(11)6-7;1-10(2,3)8-4-6-9(11)7-5-8;1-2;;;;1-5(2,3)4/h5-6H,1-4H3;5-7H,1-4H3;4-5,13H,1-3H3;4-5,13H,12H2,1-3H3;4-6,12H,1-3H3;4-7,11H,1-3H3;2H,1H3;3*1H4;. The van der Waals surface area contributed by atoms with Crippen molar-refractivity contribution in [2.75, 3.05) is 27.1 Å². The lowest BCUT2D eigenvalue weighted by molar-refractivity contribution is -0.386. The van der Waals surface area contributed by atoms with Crippen molar-refractivity contribution in [3.63, 3.8) is 0 Å². The molecule has 0 saturated heterocycles. The molecule has 96 heavy (non-hydrogen) atoms. The van der Waals surface area contributed by atoms with Crippen LogP contribution in [0.3, 0.4) is 0 Å². The second kappa shape index (κ2) is 41.8. The molecule has 0 atom stereocenters. The third kappa shape index (κ3) is 36.8. The Morgan fingerprint density at radius 1 is 0.427 bits per heavy atom. The number of hydrogen-bond donors (Lipinski definition) is 6. The van der Waals surface area contributed by atoms with Crippen LogP contribution in [0.5, 0.6) is 34.5 Å². The van der Waals surface area contributed by atoms with Gasteiger partial charge in [-0.1, -0.05) is 229 Å². The summed E-state index contributed by atoms with van der Waals surface area (Å²) in [4.78, 5) is 42.7. The predicted octanol–water partition coefficient (Wildman–Crippen LogP) is 21.9. The third-order valence-corrected chi connectivity index (χ3v) is 13.6. The van der Waals surface area contributed by atoms with Crippen LogP contribution in [0.4, 0.5) is 26.7 Å². The number of nitrogens with two attached hydrogens (primary N) is 1. The monoisotopic (exact) mass is 1510 g/mol. The zero-order valence-electron chi connectivity index (χ0n) is 55.9. The summed E-state index contributed by atoms with van der Waals surface area (Å²) in [5.41, 5.74) is 10.8. The maximum absolute atomic E-state index is 11.1. The van der Waals surface area contributed by atoms with Gasteiger partial charge >= 0.3 is 20.6 Å². The molecular weight excluding hydrogens is 1410 g/mol. The van der Waals surface area contributed by atoms with Crippen LogP contribution in [0, 0.1) is 20.2 Å². The zero-order chi connectivity index (χ0) is 73.5. The van der Waals surface area contributed by atoms with Crippen molar-refractivity contribution in [3.05, 3.63) is 176 Å². The number of rotatable bonds is 4. The van der Waals surface area contributed by atoms with Gasteiger partial charge in [-0.3, -0.25) is 20.2 Å². The lowest BCUT2D eigenvalue weighted by atomic mass is 9.86. The van der Waals surface area contributed by atoms with Crippen LogP contribution in [0.25, 0.3) is 0 Å². The fourth-order valence-corrected chi connectivity index (χ4v) is 8.08. The van der Waals surface area contributed by atoms with Crippen molar-refractivity contribution in [2.45, 2.75) is 179 Å². The molecule has 0 unspecified atom stereocenters. The number of anilines is 1. The van der Waals surface area contributed by atoms with Gasteiger partial charge in [0.1, 0.15) is 23.0 Å². The van der Waals surface area contributed by atoms with Crippen LogP contribution in [-0.4, -0.2) is 77.4 Å². The minimum Gasteiger partial charge on any atom is -0.508 e. The fraction of sp³-hybridized carbons (Fsp3) is 0.441. The first kappa shape index (κ1) is 98.3. The number of carbonyl (C=O) groups is 2. The summed E-state index contributed by atoms with van der Waals surface area (Å²) in [7, 11) is 8.20. The molecular formula is C68H98Cl7N3O17S. The van der Waals surface area contributed by atoms with Crippen LogP contribution >= 0.6 is 79.4 Å². The average molecular weight is 1510 g/mol. The maximum Gasteiger partial charge on any atom is 0.513 e. The summed E-state index contributed by atoms with van der Waals surface area (Å²) in [6, 6.07) is 26.3. The zero-order valence-corrected chi connectivity index (χ0v) is 62.0. The van der Waals surface area contributed by atoms with Crippen molar-refractivity contribution < 1.29 is 72.3 Å². The van der Waals surface area contributed by atoms with Gasteiger partial charge in [-0.25, -0.2) is 9.59 Å². The highest BCUT2D eigenvalue weighted by atomic mass is 36.0. The highest BCUT2D eigenvalue weighted by Crippen LogP contribution is 2.41. The summed E-state index contributed by atoms with van der Waals surface area (Å²) in [6.07, 6.45) is -1.76. The normalized spacial score (nSPS) is 10.8. The van der Waals surface area contributed by atoms with Gasteiger partial charge in [0.15, 0.2) is 11.5 Å². The highest BCUT2D eigenvalue weighted by molar-refractivity contribution is 8.31. The van der Waals surface area contributed by atoms with Crippen LogP contribution in [0.1, 0.15) is 180 Å². The number of nitrogen functional groups attached to an aromatic ring is 1. The van der Waals surface area contributed by atoms with E-state index in [0.717, 1.165) is 43.0 Å². The Balaban J connectivity index is -0.000000338. The van der Waals surface area contributed by atoms with E-state index in [0.29, 0.717) is 43.4 Å². The topological polar surface area (TPSA) is 319 Å². The Morgan fingerprint density at radius 3 is 1.05 bits per heavy atom. The molecule has 0 aliphatic heterocycles. The number of aliphatic hydroxyl groups excluding tert-OH is 1. The molecule has 0 aromatic heterocycles. The van der Waals surface area contributed by atoms with Gasteiger partial charge in [0.2, 0.25) is 0 Å². The molecule has 0 amide bonds. The van der Waals surface area contributed by atoms with E-state index >= 15 is 0 Å². The van der Waals surface area contributed by atoms with Gasteiger partial charge < -0.3 is 50.2 Å². The number of methoxy groups -OCH3 is 2. The van der Waals surface area contributed by atoms with Gasteiger partial charge in [-0.05, 0) is 109 Å². The first-order chi connectivity index (χ1) is 42.0. The quantitative estimate of drug-likeness (QED) is 0.0238. The molecule has 0 radical (unpaired) electrons. The molecule has 0 aliphatic carbocycles. The number of benzene rings is 6. The van der Waals surface area contributed by atoms with Crippen molar-refractivity contribution in [2.24, 2.45) is 0 Å². The Kier molecular flexibility index (Phi) is 42.7. The minimum absolute atomic E-state index is 0. The molecule has 0 bridgehead atoms. The molecule has 7 N–H and O–H groups in total. The lowest BCUT2D eigenvalue weighted by Gasteiger charge is -2.21. The minimum atomic E-state index is -3.72. The van der Waals surface area contributed by atoms with Crippen LogP contribution < -0.4 is 15.2 Å². The van der Waals surface area contributed by atoms with Gasteiger partial charge in [-0.15, -0.1) is 0 Å². The number of phenols is 4. The number of nitro benzene ring substituents is 2. The van der Waals surface area contributed by atoms with Crippen LogP contribution in [0.15, 0.2) is 97.1 Å². The Bertz CT molecular complexity index is 3560. The van der Waals surface area contributed by atoms with E-state index in [2.05, 4.69) is 93.2 Å². The smallest absolute Gasteiger partial charge is 0.508 e. The van der Waals surface area contributed by atoms with E-state index in [9.17, 15) is 45.1 Å². The highest BCUT2D eigenvalue weighted by Gasteiger charge is 2.29. The Labute approximate surface area is 602 Å². The van der Waals surface area contributed by atoms with Crippen LogP contribution in [0.2, 0.25) is 25.1 Å². The van der Waals surface area contributed by atoms with Gasteiger partial charge in [0.05, 0.1) is 61.3 Å². The Morgan fingerprint density at radius 2 is 0.719 bits per heavy atom. The summed E-state index contributed by atoms with van der Waals surface area (Å²) < 4.78 is 36.7. The molecule has 0 saturated carbocycles. The number of ether oxygens (including phenoxy) is 4. The van der Waals surface area contributed by atoms with Gasteiger partial charge in [-0.2, -0.15) is 8.42 Å². The summed E-state index contributed by atoms with van der Waals surface area (Å²) in [5, 5.41) is 67.1. The summed E-state index contributed by atoms with van der Waals surface area (Å²) >= 11 is 29.2. The third-order valence-electron chi connectivity index (χ3n) is 12.1. The molecule has 0 spiro atoms. The van der Waals surface area contributed by atoms with E-state index in [1.807, 2.05) is 86.6 Å². The molecule has 542 valence electrons. The molecule has 20 nitrogen and oxygen atoms in total. The van der Waals surface area contributed by atoms with E-state index in [1.54, 1.807) is 42.5 Å². The van der Waals surface area contributed by atoms with Gasteiger partial charge in [0, 0.05) is 51.4 Å². The molecule has 0 aliphatic rings. The van der Waals surface area contributed by atoms with Crippen LogP contribution in [-0.2, 0) is 50.2 Å². The number of carbonyl (C=O) groups excluding carboxylic acids is 2. The number of phenolic OH excluding ortho intramolecular Hbond substituents is 4. The summed E-state index contributed by atoms with van der Waals surface area (Å²) in [5.74, 6) is 0.445. The molecule has 0 heterocycles. The van der Waals surface area contributed by atoms with E-state index in [4.69, 9.17) is 91.8 Å². The largest absolute Gasteiger partial charge is 0.513 e. The van der Waals surface area contributed by atoms with Crippen molar-refractivity contribution in [1.29, 1.82) is 0 Å². The average Bonchev–Trinajstić information content (AvgIpc) is 0.828. The molecule has 0 fully saturated rings. The number of hydrogen-bond acceptors (Lipinski definition) is 18. The molecule has 6 rings (SSSR count). The lowest BCUT2D eigenvalue weighted by Crippen LogP contribution is -2.15. The summed E-state index contributed by atoms with van der Waals surface area (Å²) in [6.45, 7) is 36.2. The maximum atomic E-state index is 11.1. The first-order valence-corrected chi connectivity index (χ1v) is 32.6. The van der Waals surface area contributed by atoms with Crippen molar-refractivity contribution in [3.8, 4) is 34.5 Å². The van der Waals surface area contributed by atoms with E-state index in [1.165, 1.54) is 30.9 Å². The second-order valence-electron chi connectivity index (χ2n) is 25.9. The van der Waals surface area contributed by atoms with Crippen molar-refractivity contribution in [1.82, 2.24) is 0 Å². The number of nitro groups is 2. The Hall–Kier alpha value is -6.40.